The lowest BCUT2D eigenvalue weighted by molar-refractivity contribution is -0.184. The number of carbonyl (C=O) groups is 2. The maximum absolute atomic E-state index is 15.0. The minimum Gasteiger partial charge on any atom is -0.449 e. The Bertz CT molecular complexity index is 824. The summed E-state index contributed by atoms with van der Waals surface area (Å²) in [5, 5.41) is 0. The monoisotopic (exact) mass is 467 g/mol. The zero-order chi connectivity index (χ0) is 23.8. The number of benzene rings is 1. The molecule has 0 aliphatic carbocycles. The van der Waals surface area contributed by atoms with Crippen molar-refractivity contribution >= 4 is 23.4 Å². The van der Waals surface area contributed by atoms with Crippen LogP contribution in [0.5, 0.6) is 0 Å². The van der Waals surface area contributed by atoms with Crippen LogP contribution in [0.1, 0.15) is 39.0 Å². The standard InChI is InChI=1S/C23H31F2N3O5/c1-3-5-10-32-23(30)28(9-4-2)17-12-18(24)22(19(25)13-17)26-14-20(29)27(15-26)16-33-21-8-6-7-11-31-21/h4,12-13,21H,2-3,5-11,14-16H2,1H3. The molecular weight excluding hydrogens is 436 g/mol. The third-order valence-corrected chi connectivity index (χ3v) is 5.46. The van der Waals surface area contributed by atoms with Gasteiger partial charge < -0.3 is 19.1 Å². The number of amides is 2. The van der Waals surface area contributed by atoms with E-state index < -0.39 is 17.7 Å². The first-order valence-electron chi connectivity index (χ1n) is 11.2. The summed E-state index contributed by atoms with van der Waals surface area (Å²) in [6, 6.07) is 2.12. The third kappa shape index (κ3) is 6.42. The van der Waals surface area contributed by atoms with Crippen molar-refractivity contribution in [2.45, 2.75) is 45.3 Å². The van der Waals surface area contributed by atoms with Gasteiger partial charge in [0.15, 0.2) is 17.9 Å². The summed E-state index contributed by atoms with van der Waals surface area (Å²) >= 11 is 0. The predicted octanol–water partition coefficient (Wildman–Crippen LogP) is 4.00. The van der Waals surface area contributed by atoms with E-state index in [0.29, 0.717) is 13.0 Å². The quantitative estimate of drug-likeness (QED) is 0.383. The van der Waals surface area contributed by atoms with Crippen molar-refractivity contribution in [3.63, 3.8) is 0 Å². The summed E-state index contributed by atoms with van der Waals surface area (Å²) in [7, 11) is 0. The molecule has 1 aromatic rings. The van der Waals surface area contributed by atoms with Gasteiger partial charge in [0.2, 0.25) is 5.91 Å². The Kier molecular flexibility index (Phi) is 9.02. The Hall–Kier alpha value is -2.72. The Labute approximate surface area is 192 Å². The fourth-order valence-electron chi connectivity index (χ4n) is 3.68. The average Bonchev–Trinajstić information content (AvgIpc) is 3.16. The molecule has 8 nitrogen and oxygen atoms in total. The van der Waals surface area contributed by atoms with Gasteiger partial charge in [0, 0.05) is 25.3 Å². The van der Waals surface area contributed by atoms with E-state index in [0.717, 1.165) is 42.7 Å². The Morgan fingerprint density at radius 2 is 2.09 bits per heavy atom. The normalized spacial score (nSPS) is 18.5. The van der Waals surface area contributed by atoms with Crippen LogP contribution in [0, 0.1) is 11.6 Å². The zero-order valence-electron chi connectivity index (χ0n) is 18.9. The van der Waals surface area contributed by atoms with Crippen LogP contribution in [0.25, 0.3) is 0 Å². The second kappa shape index (κ2) is 11.9. The van der Waals surface area contributed by atoms with Crippen molar-refractivity contribution in [1.82, 2.24) is 4.90 Å². The molecule has 0 spiro atoms. The van der Waals surface area contributed by atoms with Gasteiger partial charge in [-0.05, 0) is 25.7 Å². The van der Waals surface area contributed by atoms with Crippen molar-refractivity contribution in [2.24, 2.45) is 0 Å². The van der Waals surface area contributed by atoms with Crippen LogP contribution in [0.2, 0.25) is 0 Å². The molecular formula is C23H31F2N3O5. The molecule has 2 amide bonds. The molecule has 2 saturated heterocycles. The van der Waals surface area contributed by atoms with Gasteiger partial charge in [-0.3, -0.25) is 14.6 Å². The van der Waals surface area contributed by atoms with Crippen molar-refractivity contribution in [2.75, 3.05) is 49.5 Å². The van der Waals surface area contributed by atoms with Crippen LogP contribution in [-0.4, -0.2) is 62.9 Å². The van der Waals surface area contributed by atoms with Crippen molar-refractivity contribution in [3.05, 3.63) is 36.4 Å². The van der Waals surface area contributed by atoms with Gasteiger partial charge in [-0.1, -0.05) is 19.4 Å². The fourth-order valence-corrected chi connectivity index (χ4v) is 3.68. The Morgan fingerprint density at radius 1 is 1.33 bits per heavy atom. The SMILES string of the molecule is C=CCN(C(=O)OCCCC)c1cc(F)c(N2CC(=O)N(COC3CCCCO3)C2)c(F)c1. The maximum atomic E-state index is 15.0. The summed E-state index contributed by atoms with van der Waals surface area (Å²) in [4.78, 5) is 28.5. The first-order chi connectivity index (χ1) is 15.9. The number of hydrogen-bond acceptors (Lipinski definition) is 6. The second-order valence-corrected chi connectivity index (χ2v) is 7.99. The molecule has 0 radical (unpaired) electrons. The molecule has 1 unspecified atom stereocenters. The highest BCUT2D eigenvalue weighted by molar-refractivity contribution is 5.89. The number of rotatable bonds is 10. The van der Waals surface area contributed by atoms with Gasteiger partial charge in [-0.15, -0.1) is 6.58 Å². The van der Waals surface area contributed by atoms with Crippen molar-refractivity contribution in [3.8, 4) is 0 Å². The van der Waals surface area contributed by atoms with Crippen LogP contribution < -0.4 is 9.80 Å². The van der Waals surface area contributed by atoms with Crippen LogP contribution >= 0.6 is 0 Å². The lowest BCUT2D eigenvalue weighted by atomic mass is 10.2. The van der Waals surface area contributed by atoms with Crippen LogP contribution in [-0.2, 0) is 19.0 Å². The number of anilines is 2. The first-order valence-corrected chi connectivity index (χ1v) is 11.2. The molecule has 2 aliphatic heterocycles. The van der Waals surface area contributed by atoms with E-state index in [1.54, 1.807) is 0 Å². The van der Waals surface area contributed by atoms with Crippen molar-refractivity contribution < 1.29 is 32.6 Å². The second-order valence-electron chi connectivity index (χ2n) is 7.99. The molecule has 182 valence electrons. The van der Waals surface area contributed by atoms with E-state index in [9.17, 15) is 18.4 Å². The topological polar surface area (TPSA) is 71.6 Å². The lowest BCUT2D eigenvalue weighted by Gasteiger charge is -2.26. The van der Waals surface area contributed by atoms with Gasteiger partial charge >= 0.3 is 6.09 Å². The number of carbonyl (C=O) groups excluding carboxylic acids is 2. The van der Waals surface area contributed by atoms with Gasteiger partial charge in [0.1, 0.15) is 12.4 Å². The largest absolute Gasteiger partial charge is 0.449 e. The van der Waals surface area contributed by atoms with E-state index in [1.807, 2.05) is 6.92 Å². The van der Waals surface area contributed by atoms with E-state index >= 15 is 0 Å². The Balaban J connectivity index is 1.69. The molecule has 1 atom stereocenters. The van der Waals surface area contributed by atoms with Gasteiger partial charge in [0.25, 0.3) is 0 Å². The molecule has 0 aromatic heterocycles. The van der Waals surface area contributed by atoms with E-state index in [2.05, 4.69) is 6.58 Å². The predicted molar refractivity (Wildman–Crippen MR) is 119 cm³/mol. The van der Waals surface area contributed by atoms with Gasteiger partial charge in [0.05, 0.1) is 25.5 Å². The third-order valence-electron chi connectivity index (χ3n) is 5.46. The molecule has 2 aliphatic rings. The number of nitrogens with zero attached hydrogens (tertiary/aromatic N) is 3. The molecule has 0 bridgehead atoms. The summed E-state index contributed by atoms with van der Waals surface area (Å²) < 4.78 is 46.3. The summed E-state index contributed by atoms with van der Waals surface area (Å²) in [6.07, 6.45) is 4.60. The van der Waals surface area contributed by atoms with E-state index in [4.69, 9.17) is 14.2 Å². The van der Waals surface area contributed by atoms with Gasteiger partial charge in [-0.2, -0.15) is 0 Å². The van der Waals surface area contributed by atoms with E-state index in [-0.39, 0.29) is 56.7 Å². The van der Waals surface area contributed by atoms with E-state index in [1.165, 1.54) is 15.9 Å². The lowest BCUT2D eigenvalue weighted by Crippen LogP contribution is -2.34. The number of unbranched alkanes of at least 4 members (excludes halogenated alkanes) is 1. The average molecular weight is 468 g/mol. The molecule has 1 aromatic carbocycles. The Morgan fingerprint density at radius 3 is 2.73 bits per heavy atom. The molecule has 2 fully saturated rings. The highest BCUT2D eigenvalue weighted by atomic mass is 19.1. The molecule has 2 heterocycles. The maximum Gasteiger partial charge on any atom is 0.414 e. The van der Waals surface area contributed by atoms with Crippen LogP contribution in [0.15, 0.2) is 24.8 Å². The molecule has 0 N–H and O–H groups in total. The number of hydrogen-bond donors (Lipinski definition) is 0. The zero-order valence-corrected chi connectivity index (χ0v) is 18.9. The first kappa shape index (κ1) is 24.9. The number of halogens is 2. The van der Waals surface area contributed by atoms with Gasteiger partial charge in [-0.25, -0.2) is 13.6 Å². The highest BCUT2D eigenvalue weighted by Crippen LogP contribution is 2.31. The molecule has 33 heavy (non-hydrogen) atoms. The van der Waals surface area contributed by atoms with Crippen molar-refractivity contribution in [1.29, 1.82) is 0 Å². The molecule has 3 rings (SSSR count). The molecule has 0 saturated carbocycles. The fraction of sp³-hybridized carbons (Fsp3) is 0.565. The number of ether oxygens (including phenoxy) is 3. The molecule has 10 heteroatoms. The summed E-state index contributed by atoms with van der Waals surface area (Å²) in [5.74, 6) is -2.07. The van der Waals surface area contributed by atoms with Crippen LogP contribution in [0.3, 0.4) is 0 Å². The summed E-state index contributed by atoms with van der Waals surface area (Å²) in [5.41, 5.74) is -0.322. The minimum absolute atomic E-state index is 0.00955. The minimum atomic E-state index is -0.883. The highest BCUT2D eigenvalue weighted by Gasteiger charge is 2.32. The summed E-state index contributed by atoms with van der Waals surface area (Å²) in [6.45, 7) is 6.18. The smallest absolute Gasteiger partial charge is 0.414 e. The van der Waals surface area contributed by atoms with Crippen LogP contribution in [0.4, 0.5) is 25.0 Å².